The fraction of sp³-hybridized carbons (Fsp3) is 0.800. The van der Waals surface area contributed by atoms with Crippen LogP contribution in [0.5, 0.6) is 0 Å². The van der Waals surface area contributed by atoms with Crippen LogP contribution in [-0.2, 0) is 21.9 Å². The Hall–Kier alpha value is -1.72. The molecule has 0 spiro atoms. The normalized spacial score (nSPS) is 14.1. The Morgan fingerprint density at radius 2 is 0.923 bits per heavy atom. The molecule has 0 fully saturated rings. The third-order valence-corrected chi connectivity index (χ3v) is 5.12. The average Bonchev–Trinajstić information content (AvgIpc) is 3.13. The minimum Gasteiger partial charge on any atom is -0.247 e. The van der Waals surface area contributed by atoms with Gasteiger partial charge in [0.2, 0.25) is 0 Å². The lowest BCUT2D eigenvalue weighted by molar-refractivity contribution is 0.346. The van der Waals surface area contributed by atoms with Crippen LogP contribution in [0.1, 0.15) is 93.5 Å². The van der Waals surface area contributed by atoms with Gasteiger partial charge in [0, 0.05) is 23.2 Å². The lowest BCUT2D eigenvalue weighted by Crippen LogP contribution is -2.26. The van der Waals surface area contributed by atoms with Crippen molar-refractivity contribution < 1.29 is 0 Å². The summed E-state index contributed by atoms with van der Waals surface area (Å²) in [5.74, 6) is 0. The van der Waals surface area contributed by atoms with Gasteiger partial charge in [-0.15, -0.1) is 10.2 Å². The Morgan fingerprint density at radius 3 is 1.15 bits per heavy atom. The quantitative estimate of drug-likeness (QED) is 0.792. The highest BCUT2D eigenvalue weighted by molar-refractivity contribution is 5.13. The van der Waals surface area contributed by atoms with Crippen molar-refractivity contribution in [3.05, 3.63) is 23.8 Å². The number of hydrogen-bond acceptors (Lipinski definition) is 4. The van der Waals surface area contributed by atoms with Gasteiger partial charge in [0.05, 0.1) is 22.5 Å². The van der Waals surface area contributed by atoms with E-state index in [2.05, 4.69) is 102 Å². The standard InChI is InChI=1S/C20H36N6/c1-17(2,3)25-13-15(21-23-25)19(7,8)11-12-20(9,10)16-14-26(24-22-16)18(4,5)6/h13-14H,11-12H2,1-10H3. The molecule has 2 aromatic heterocycles. The van der Waals surface area contributed by atoms with Crippen LogP contribution in [0.2, 0.25) is 0 Å². The molecule has 26 heavy (non-hydrogen) atoms. The van der Waals surface area contributed by atoms with Crippen molar-refractivity contribution in [2.45, 2.75) is 104 Å². The maximum Gasteiger partial charge on any atom is 0.0883 e. The minimum absolute atomic E-state index is 0.0409. The third-order valence-electron chi connectivity index (χ3n) is 5.12. The van der Waals surface area contributed by atoms with Gasteiger partial charge < -0.3 is 0 Å². The van der Waals surface area contributed by atoms with Gasteiger partial charge in [0.25, 0.3) is 0 Å². The van der Waals surface area contributed by atoms with E-state index in [-0.39, 0.29) is 21.9 Å². The first-order valence-electron chi connectivity index (χ1n) is 9.50. The molecule has 0 aliphatic rings. The van der Waals surface area contributed by atoms with Gasteiger partial charge in [-0.2, -0.15) is 0 Å². The highest BCUT2D eigenvalue weighted by Gasteiger charge is 2.32. The van der Waals surface area contributed by atoms with Crippen molar-refractivity contribution in [1.82, 2.24) is 30.0 Å². The molecule has 0 aliphatic heterocycles. The van der Waals surface area contributed by atoms with Gasteiger partial charge in [0.15, 0.2) is 0 Å². The van der Waals surface area contributed by atoms with E-state index in [9.17, 15) is 0 Å². The average molecular weight is 361 g/mol. The van der Waals surface area contributed by atoms with Crippen molar-refractivity contribution in [2.75, 3.05) is 0 Å². The Labute approximate surface area is 158 Å². The summed E-state index contributed by atoms with van der Waals surface area (Å²) >= 11 is 0. The molecule has 0 atom stereocenters. The summed E-state index contributed by atoms with van der Waals surface area (Å²) in [6.45, 7) is 21.8. The molecule has 0 saturated carbocycles. The first-order valence-corrected chi connectivity index (χ1v) is 9.50. The molecule has 0 N–H and O–H groups in total. The fourth-order valence-electron chi connectivity index (χ4n) is 2.68. The first kappa shape index (κ1) is 20.6. The van der Waals surface area contributed by atoms with Gasteiger partial charge in [0.1, 0.15) is 0 Å². The van der Waals surface area contributed by atoms with Gasteiger partial charge in [-0.1, -0.05) is 38.1 Å². The Morgan fingerprint density at radius 1 is 0.615 bits per heavy atom. The largest absolute Gasteiger partial charge is 0.247 e. The number of aromatic nitrogens is 6. The van der Waals surface area contributed by atoms with Crippen molar-refractivity contribution in [3.8, 4) is 0 Å². The maximum absolute atomic E-state index is 4.45. The van der Waals surface area contributed by atoms with Gasteiger partial charge in [-0.25, -0.2) is 9.36 Å². The van der Waals surface area contributed by atoms with E-state index < -0.39 is 0 Å². The van der Waals surface area contributed by atoms with E-state index in [1.54, 1.807) is 0 Å². The molecule has 6 nitrogen and oxygen atoms in total. The molecule has 0 aliphatic carbocycles. The highest BCUT2D eigenvalue weighted by Crippen LogP contribution is 2.35. The van der Waals surface area contributed by atoms with E-state index in [0.29, 0.717) is 0 Å². The predicted molar refractivity (Wildman–Crippen MR) is 105 cm³/mol. The molecule has 0 saturated heterocycles. The van der Waals surface area contributed by atoms with Crippen LogP contribution < -0.4 is 0 Å². The predicted octanol–water partition coefficient (Wildman–Crippen LogP) is 4.42. The van der Waals surface area contributed by atoms with Crippen LogP contribution in [0.25, 0.3) is 0 Å². The summed E-state index contributed by atoms with van der Waals surface area (Å²) in [4.78, 5) is 0. The van der Waals surface area contributed by atoms with Crippen molar-refractivity contribution in [1.29, 1.82) is 0 Å². The molecule has 2 rings (SSSR count). The summed E-state index contributed by atoms with van der Waals surface area (Å²) < 4.78 is 3.90. The molecule has 0 unspecified atom stereocenters. The topological polar surface area (TPSA) is 61.4 Å². The minimum atomic E-state index is -0.0495. The Balaban J connectivity index is 2.12. The Kier molecular flexibility index (Phi) is 5.12. The molecule has 6 heteroatoms. The molecule has 0 radical (unpaired) electrons. The molecule has 0 bridgehead atoms. The molecule has 2 aromatic rings. The van der Waals surface area contributed by atoms with Crippen molar-refractivity contribution in [3.63, 3.8) is 0 Å². The van der Waals surface area contributed by atoms with Crippen molar-refractivity contribution in [2.24, 2.45) is 0 Å². The number of hydrogen-bond donors (Lipinski definition) is 0. The van der Waals surface area contributed by atoms with E-state index >= 15 is 0 Å². The second kappa shape index (κ2) is 6.46. The maximum atomic E-state index is 4.45. The SMILES string of the molecule is CC(C)(CCC(C)(C)c1cn(C(C)(C)C)nn1)c1cn(C(C)(C)C)nn1. The van der Waals surface area contributed by atoms with Gasteiger partial charge in [-0.3, -0.25) is 0 Å². The molecule has 0 amide bonds. The molecular formula is C20H36N6. The van der Waals surface area contributed by atoms with Crippen LogP contribution in [-0.4, -0.2) is 30.0 Å². The van der Waals surface area contributed by atoms with E-state index in [4.69, 9.17) is 0 Å². The van der Waals surface area contributed by atoms with Crippen LogP contribution in [0.4, 0.5) is 0 Å². The second-order valence-electron chi connectivity index (χ2n) is 10.7. The second-order valence-corrected chi connectivity index (χ2v) is 10.7. The highest BCUT2D eigenvalue weighted by atomic mass is 15.5. The third kappa shape index (κ3) is 4.51. The lowest BCUT2D eigenvalue weighted by atomic mass is 9.76. The summed E-state index contributed by atoms with van der Waals surface area (Å²) in [5.41, 5.74) is 1.91. The molecule has 0 aromatic carbocycles. The smallest absolute Gasteiger partial charge is 0.0883 e. The summed E-state index contributed by atoms with van der Waals surface area (Å²) in [7, 11) is 0. The number of nitrogens with zero attached hydrogens (tertiary/aromatic N) is 6. The van der Waals surface area contributed by atoms with E-state index in [0.717, 1.165) is 24.2 Å². The van der Waals surface area contributed by atoms with Gasteiger partial charge in [-0.05, 0) is 54.4 Å². The summed E-state index contributed by atoms with van der Waals surface area (Å²) in [5, 5.41) is 17.5. The Bertz CT molecular complexity index is 673. The summed E-state index contributed by atoms with van der Waals surface area (Å²) in [6.07, 6.45) is 6.18. The zero-order valence-corrected chi connectivity index (χ0v) is 18.3. The lowest BCUT2D eigenvalue weighted by Gasteiger charge is -2.29. The van der Waals surface area contributed by atoms with Crippen LogP contribution in [0.15, 0.2) is 12.4 Å². The molecule has 146 valence electrons. The monoisotopic (exact) mass is 360 g/mol. The zero-order valence-electron chi connectivity index (χ0n) is 18.3. The van der Waals surface area contributed by atoms with Crippen LogP contribution in [0, 0.1) is 0 Å². The zero-order chi connectivity index (χ0) is 20.0. The van der Waals surface area contributed by atoms with E-state index in [1.807, 2.05) is 9.36 Å². The molecular weight excluding hydrogens is 324 g/mol. The van der Waals surface area contributed by atoms with Gasteiger partial charge >= 0.3 is 0 Å². The van der Waals surface area contributed by atoms with Crippen LogP contribution in [0.3, 0.4) is 0 Å². The summed E-state index contributed by atoms with van der Waals surface area (Å²) in [6, 6.07) is 0. The van der Waals surface area contributed by atoms with Crippen molar-refractivity contribution >= 4 is 0 Å². The number of rotatable bonds is 5. The van der Waals surface area contributed by atoms with Crippen LogP contribution >= 0.6 is 0 Å². The molecule has 2 heterocycles. The van der Waals surface area contributed by atoms with E-state index in [1.165, 1.54) is 0 Å². The fourth-order valence-corrected chi connectivity index (χ4v) is 2.68. The first-order chi connectivity index (χ1) is 11.6.